The molecule has 0 atom stereocenters. The lowest BCUT2D eigenvalue weighted by molar-refractivity contribution is -0.138. The predicted molar refractivity (Wildman–Crippen MR) is 121 cm³/mol. The summed E-state index contributed by atoms with van der Waals surface area (Å²) in [6.07, 6.45) is 1.64. The van der Waals surface area contributed by atoms with Gasteiger partial charge in [0, 0.05) is 32.6 Å². The summed E-state index contributed by atoms with van der Waals surface area (Å²) in [5, 5.41) is 2.84. The summed E-state index contributed by atoms with van der Waals surface area (Å²) >= 11 is 0. The Morgan fingerprint density at radius 3 is 2.36 bits per heavy atom. The number of benzene rings is 1. The van der Waals surface area contributed by atoms with E-state index >= 15 is 0 Å². The van der Waals surface area contributed by atoms with Crippen LogP contribution in [-0.4, -0.2) is 47.9 Å². The second-order valence-electron chi connectivity index (χ2n) is 8.09. The van der Waals surface area contributed by atoms with E-state index in [0.29, 0.717) is 44.1 Å². The number of hydrogen-bond donors (Lipinski definition) is 1. The number of anilines is 2. The molecular weight excluding hydrogens is 433 g/mol. The quantitative estimate of drug-likeness (QED) is 0.563. The summed E-state index contributed by atoms with van der Waals surface area (Å²) in [7, 11) is 0. The van der Waals surface area contributed by atoms with E-state index in [-0.39, 0.29) is 11.5 Å². The lowest BCUT2D eigenvalue weighted by Crippen LogP contribution is -2.49. The van der Waals surface area contributed by atoms with Crippen molar-refractivity contribution in [1.82, 2.24) is 9.88 Å². The number of carbonyl (C=O) groups is 2. The van der Waals surface area contributed by atoms with Gasteiger partial charge < -0.3 is 15.1 Å². The minimum absolute atomic E-state index is 0.0353. The van der Waals surface area contributed by atoms with Gasteiger partial charge >= 0.3 is 6.18 Å². The van der Waals surface area contributed by atoms with Crippen LogP contribution in [-0.2, 0) is 11.0 Å². The number of hydrogen-bond acceptors (Lipinski definition) is 4. The molecule has 0 spiro atoms. The number of carbonyl (C=O) groups excluding carboxylic acids is 2. The Kier molecular flexibility index (Phi) is 8.30. The maximum absolute atomic E-state index is 13.2. The highest BCUT2D eigenvalue weighted by atomic mass is 19.4. The number of aromatic nitrogens is 1. The first-order valence-corrected chi connectivity index (χ1v) is 11.3. The van der Waals surface area contributed by atoms with Gasteiger partial charge in [-0.25, -0.2) is 4.98 Å². The Balaban J connectivity index is 1.53. The first-order valence-electron chi connectivity index (χ1n) is 11.3. The Bertz CT molecular complexity index is 939. The van der Waals surface area contributed by atoms with Gasteiger partial charge in [-0.05, 0) is 30.7 Å². The predicted octanol–water partition coefficient (Wildman–Crippen LogP) is 4.97. The molecule has 2 aromatic rings. The fourth-order valence-corrected chi connectivity index (χ4v) is 3.81. The topological polar surface area (TPSA) is 65.5 Å². The fraction of sp³-hybridized carbons (Fsp3) is 0.458. The number of amides is 2. The molecule has 1 aliphatic rings. The molecule has 0 aliphatic carbocycles. The van der Waals surface area contributed by atoms with E-state index in [4.69, 9.17) is 0 Å². The normalized spacial score (nSPS) is 14.3. The van der Waals surface area contributed by atoms with Gasteiger partial charge in [-0.3, -0.25) is 9.59 Å². The number of halogens is 3. The molecule has 33 heavy (non-hydrogen) atoms. The van der Waals surface area contributed by atoms with Crippen molar-refractivity contribution in [2.75, 3.05) is 36.4 Å². The monoisotopic (exact) mass is 462 g/mol. The SMILES string of the molecule is CCCCCCC(=O)Nc1ccc(N2CCN(C(=O)c3ccccc3C(F)(F)F)CC2)nc1. The van der Waals surface area contributed by atoms with Crippen molar-refractivity contribution in [3.8, 4) is 0 Å². The van der Waals surface area contributed by atoms with Crippen molar-refractivity contribution in [3.63, 3.8) is 0 Å². The second-order valence-corrected chi connectivity index (χ2v) is 8.09. The van der Waals surface area contributed by atoms with Crippen LogP contribution < -0.4 is 10.2 Å². The number of pyridine rings is 1. The number of alkyl halides is 3. The van der Waals surface area contributed by atoms with E-state index in [0.717, 1.165) is 31.7 Å². The average Bonchev–Trinajstić information content (AvgIpc) is 2.81. The highest BCUT2D eigenvalue weighted by Crippen LogP contribution is 2.32. The second kappa shape index (κ2) is 11.2. The summed E-state index contributed by atoms with van der Waals surface area (Å²) in [5.74, 6) is 0.0400. The Morgan fingerprint density at radius 1 is 1.00 bits per heavy atom. The van der Waals surface area contributed by atoms with Crippen molar-refractivity contribution in [1.29, 1.82) is 0 Å². The van der Waals surface area contributed by atoms with Crippen LogP contribution in [0.3, 0.4) is 0 Å². The van der Waals surface area contributed by atoms with Gasteiger partial charge in [0.05, 0.1) is 23.0 Å². The lowest BCUT2D eigenvalue weighted by Gasteiger charge is -2.35. The molecule has 178 valence electrons. The molecule has 2 heterocycles. The van der Waals surface area contributed by atoms with Gasteiger partial charge in [0.2, 0.25) is 5.91 Å². The van der Waals surface area contributed by atoms with Crippen molar-refractivity contribution in [2.45, 2.75) is 45.2 Å². The summed E-state index contributed by atoms with van der Waals surface area (Å²) in [6, 6.07) is 8.44. The molecule has 1 saturated heterocycles. The molecule has 1 aliphatic heterocycles. The summed E-state index contributed by atoms with van der Waals surface area (Å²) < 4.78 is 39.7. The Hall–Kier alpha value is -3.10. The summed E-state index contributed by atoms with van der Waals surface area (Å²) in [5.41, 5.74) is -0.620. The van der Waals surface area contributed by atoms with E-state index in [1.807, 2.05) is 4.90 Å². The number of nitrogens with zero attached hydrogens (tertiary/aromatic N) is 3. The molecule has 2 amide bonds. The molecule has 1 aromatic heterocycles. The van der Waals surface area contributed by atoms with Crippen LogP contribution >= 0.6 is 0 Å². The van der Waals surface area contributed by atoms with E-state index in [1.165, 1.54) is 23.1 Å². The molecule has 1 fully saturated rings. The highest BCUT2D eigenvalue weighted by molar-refractivity contribution is 5.96. The van der Waals surface area contributed by atoms with Crippen molar-refractivity contribution < 1.29 is 22.8 Å². The molecule has 1 N–H and O–H groups in total. The van der Waals surface area contributed by atoms with Crippen molar-refractivity contribution in [3.05, 3.63) is 53.7 Å². The zero-order valence-electron chi connectivity index (χ0n) is 18.7. The van der Waals surface area contributed by atoms with E-state index in [1.54, 1.807) is 18.3 Å². The van der Waals surface area contributed by atoms with Gasteiger partial charge in [0.1, 0.15) is 5.82 Å². The van der Waals surface area contributed by atoms with E-state index < -0.39 is 17.6 Å². The third-order valence-electron chi connectivity index (χ3n) is 5.64. The van der Waals surface area contributed by atoms with Crippen LogP contribution in [0.25, 0.3) is 0 Å². The van der Waals surface area contributed by atoms with Gasteiger partial charge in [-0.15, -0.1) is 0 Å². The van der Waals surface area contributed by atoms with Gasteiger partial charge in [0.15, 0.2) is 0 Å². The van der Waals surface area contributed by atoms with E-state index in [2.05, 4.69) is 17.2 Å². The number of nitrogens with one attached hydrogen (secondary N) is 1. The lowest BCUT2D eigenvalue weighted by atomic mass is 10.1. The maximum atomic E-state index is 13.2. The van der Waals surface area contributed by atoms with Crippen LogP contribution in [0.15, 0.2) is 42.6 Å². The van der Waals surface area contributed by atoms with Crippen molar-refractivity contribution in [2.24, 2.45) is 0 Å². The molecular formula is C24H29F3N4O2. The standard InChI is InChI=1S/C24H29F3N4O2/c1-2-3-4-5-10-22(32)29-18-11-12-21(28-17-18)30-13-15-31(16-14-30)23(33)19-8-6-7-9-20(19)24(25,26)27/h6-9,11-12,17H,2-5,10,13-16H2,1H3,(H,29,32). The van der Waals surface area contributed by atoms with Crippen LogP contribution in [0, 0.1) is 0 Å². The number of unbranched alkanes of at least 4 members (excludes halogenated alkanes) is 3. The molecule has 0 unspecified atom stereocenters. The first-order chi connectivity index (χ1) is 15.8. The molecule has 1 aromatic carbocycles. The minimum atomic E-state index is -4.58. The van der Waals surface area contributed by atoms with Crippen LogP contribution in [0.5, 0.6) is 0 Å². The third-order valence-corrected chi connectivity index (χ3v) is 5.64. The first kappa shape index (κ1) is 24.5. The fourth-order valence-electron chi connectivity index (χ4n) is 3.81. The van der Waals surface area contributed by atoms with Crippen LogP contribution in [0.4, 0.5) is 24.7 Å². The summed E-state index contributed by atoms with van der Waals surface area (Å²) in [4.78, 5) is 32.5. The zero-order chi connectivity index (χ0) is 23.8. The molecule has 9 heteroatoms. The zero-order valence-corrected chi connectivity index (χ0v) is 18.7. The number of rotatable bonds is 8. The molecule has 6 nitrogen and oxygen atoms in total. The van der Waals surface area contributed by atoms with Crippen LogP contribution in [0.1, 0.15) is 54.9 Å². The largest absolute Gasteiger partial charge is 0.417 e. The Morgan fingerprint density at radius 2 is 1.73 bits per heavy atom. The molecule has 0 bridgehead atoms. The van der Waals surface area contributed by atoms with E-state index in [9.17, 15) is 22.8 Å². The van der Waals surface area contributed by atoms with Gasteiger partial charge in [0.25, 0.3) is 5.91 Å². The molecule has 3 rings (SSSR count). The smallest absolute Gasteiger partial charge is 0.353 e. The highest BCUT2D eigenvalue weighted by Gasteiger charge is 2.36. The van der Waals surface area contributed by atoms with Gasteiger partial charge in [-0.1, -0.05) is 38.3 Å². The molecule has 0 saturated carbocycles. The van der Waals surface area contributed by atoms with Crippen LogP contribution in [0.2, 0.25) is 0 Å². The maximum Gasteiger partial charge on any atom is 0.417 e. The minimum Gasteiger partial charge on any atom is -0.353 e. The average molecular weight is 463 g/mol. The Labute approximate surface area is 191 Å². The van der Waals surface area contributed by atoms with Crippen molar-refractivity contribution >= 4 is 23.3 Å². The number of piperazine rings is 1. The summed E-state index contributed by atoms with van der Waals surface area (Å²) in [6.45, 7) is 3.62. The molecule has 0 radical (unpaired) electrons. The van der Waals surface area contributed by atoms with Gasteiger partial charge in [-0.2, -0.15) is 13.2 Å². The third kappa shape index (κ3) is 6.69.